The molecule has 6 heteroatoms. The highest BCUT2D eigenvalue weighted by Crippen LogP contribution is 2.30. The van der Waals surface area contributed by atoms with Gasteiger partial charge in [0.2, 0.25) is 5.89 Å². The topological polar surface area (TPSA) is 52.3 Å². The molecule has 0 radical (unpaired) electrons. The van der Waals surface area contributed by atoms with Gasteiger partial charge in [0, 0.05) is 10.0 Å². The van der Waals surface area contributed by atoms with E-state index in [2.05, 4.69) is 20.9 Å². The van der Waals surface area contributed by atoms with E-state index in [0.29, 0.717) is 33.8 Å². The number of nitrogens with zero attached hydrogens (tertiary/aromatic N) is 1. The minimum absolute atomic E-state index is 0.227. The molecule has 3 aromatic rings. The molecule has 0 aliphatic heterocycles. The van der Waals surface area contributed by atoms with Crippen molar-refractivity contribution in [2.24, 2.45) is 0 Å². The molecule has 0 N–H and O–H groups in total. The molecule has 0 amide bonds. The van der Waals surface area contributed by atoms with Gasteiger partial charge in [-0.05, 0) is 43.3 Å². The maximum Gasteiger partial charge on any atom is 0.347 e. The van der Waals surface area contributed by atoms with Crippen LogP contribution in [0.2, 0.25) is 5.02 Å². The van der Waals surface area contributed by atoms with Crippen molar-refractivity contribution in [3.63, 3.8) is 0 Å². The Labute approximate surface area is 139 Å². The summed E-state index contributed by atoms with van der Waals surface area (Å²) in [5, 5.41) is 0.870. The lowest BCUT2D eigenvalue weighted by atomic mass is 10.2. The number of rotatable bonds is 3. The molecule has 0 fully saturated rings. The summed E-state index contributed by atoms with van der Waals surface area (Å²) in [5.41, 5.74) is 0.751. The zero-order valence-electron chi connectivity index (χ0n) is 11.6. The first kappa shape index (κ1) is 15.1. The van der Waals surface area contributed by atoms with Gasteiger partial charge in [0.15, 0.2) is 0 Å². The molecule has 0 saturated carbocycles. The van der Waals surface area contributed by atoms with Crippen LogP contribution in [0.15, 0.2) is 50.1 Å². The van der Waals surface area contributed by atoms with Crippen LogP contribution < -0.4 is 10.4 Å². The summed E-state index contributed by atoms with van der Waals surface area (Å²) in [7, 11) is 0. The number of hydrogen-bond acceptors (Lipinski definition) is 4. The number of aromatic nitrogens is 1. The number of halogens is 2. The van der Waals surface area contributed by atoms with Crippen LogP contribution in [-0.2, 0) is 0 Å². The molecule has 2 aromatic carbocycles. The number of hydrogen-bond donors (Lipinski definition) is 0. The van der Waals surface area contributed by atoms with Crippen LogP contribution >= 0.6 is 27.5 Å². The molecule has 0 atom stereocenters. The van der Waals surface area contributed by atoms with Crippen LogP contribution in [0, 0.1) is 0 Å². The Morgan fingerprint density at radius 3 is 2.82 bits per heavy atom. The Morgan fingerprint density at radius 2 is 2.09 bits per heavy atom. The summed E-state index contributed by atoms with van der Waals surface area (Å²) in [4.78, 5) is 16.5. The van der Waals surface area contributed by atoms with Crippen molar-refractivity contribution in [1.82, 2.24) is 4.98 Å². The van der Waals surface area contributed by atoms with Gasteiger partial charge in [-0.15, -0.1) is 0 Å². The minimum atomic E-state index is -0.439. The second kappa shape index (κ2) is 6.10. The van der Waals surface area contributed by atoms with Gasteiger partial charge in [0.05, 0.1) is 22.5 Å². The molecule has 0 unspecified atom stereocenters. The molecule has 0 saturated heterocycles. The number of ether oxygens (including phenoxy) is 1. The first-order valence-corrected chi connectivity index (χ1v) is 7.78. The van der Waals surface area contributed by atoms with E-state index in [0.717, 1.165) is 4.47 Å². The predicted octanol–water partition coefficient (Wildman–Crippen LogP) is 4.67. The SMILES string of the molecule is CCOc1ccc(-c2nc3ccc(Br)cc3c(=O)o2)cc1Cl. The van der Waals surface area contributed by atoms with Crippen molar-refractivity contribution in [3.05, 3.63) is 56.3 Å². The summed E-state index contributed by atoms with van der Waals surface area (Å²) in [6, 6.07) is 10.4. The van der Waals surface area contributed by atoms with E-state index in [9.17, 15) is 4.79 Å². The first-order chi connectivity index (χ1) is 10.6. The molecule has 0 aliphatic rings. The third-order valence-corrected chi connectivity index (χ3v) is 3.86. The van der Waals surface area contributed by atoms with Gasteiger partial charge in [0.1, 0.15) is 5.75 Å². The summed E-state index contributed by atoms with van der Waals surface area (Å²) >= 11 is 9.48. The largest absolute Gasteiger partial charge is 0.492 e. The van der Waals surface area contributed by atoms with E-state index >= 15 is 0 Å². The summed E-state index contributed by atoms with van der Waals surface area (Å²) in [5.74, 6) is 0.810. The van der Waals surface area contributed by atoms with Crippen molar-refractivity contribution in [2.75, 3.05) is 6.61 Å². The zero-order valence-corrected chi connectivity index (χ0v) is 13.9. The second-order valence-electron chi connectivity index (χ2n) is 4.55. The van der Waals surface area contributed by atoms with Gasteiger partial charge >= 0.3 is 5.63 Å². The van der Waals surface area contributed by atoms with Gasteiger partial charge in [0.25, 0.3) is 0 Å². The van der Waals surface area contributed by atoms with E-state index in [1.807, 2.05) is 13.0 Å². The third-order valence-electron chi connectivity index (χ3n) is 3.07. The fraction of sp³-hybridized carbons (Fsp3) is 0.125. The average Bonchev–Trinajstić information content (AvgIpc) is 2.50. The van der Waals surface area contributed by atoms with Crippen LogP contribution in [0.25, 0.3) is 22.4 Å². The third kappa shape index (κ3) is 2.87. The van der Waals surface area contributed by atoms with Crippen molar-refractivity contribution >= 4 is 38.4 Å². The molecular formula is C16H11BrClNO3. The molecule has 112 valence electrons. The normalized spacial score (nSPS) is 10.9. The van der Waals surface area contributed by atoms with Crippen molar-refractivity contribution in [3.8, 4) is 17.2 Å². The van der Waals surface area contributed by atoms with Gasteiger partial charge < -0.3 is 9.15 Å². The zero-order chi connectivity index (χ0) is 15.7. The molecule has 0 spiro atoms. The molecule has 22 heavy (non-hydrogen) atoms. The van der Waals surface area contributed by atoms with Crippen LogP contribution in [-0.4, -0.2) is 11.6 Å². The first-order valence-electron chi connectivity index (χ1n) is 6.61. The summed E-state index contributed by atoms with van der Waals surface area (Å²) < 4.78 is 11.5. The van der Waals surface area contributed by atoms with Crippen molar-refractivity contribution < 1.29 is 9.15 Å². The van der Waals surface area contributed by atoms with E-state index in [1.165, 1.54) is 0 Å². The fourth-order valence-corrected chi connectivity index (χ4v) is 2.67. The molecular weight excluding hydrogens is 370 g/mol. The Kier molecular flexibility index (Phi) is 4.18. The maximum atomic E-state index is 12.1. The molecule has 1 heterocycles. The van der Waals surface area contributed by atoms with Crippen molar-refractivity contribution in [1.29, 1.82) is 0 Å². The highest BCUT2D eigenvalue weighted by molar-refractivity contribution is 9.10. The quantitative estimate of drug-likeness (QED) is 0.662. The molecule has 1 aromatic heterocycles. The molecule has 0 aliphatic carbocycles. The van der Waals surface area contributed by atoms with Gasteiger partial charge in [-0.25, -0.2) is 9.78 Å². The van der Waals surface area contributed by atoms with Crippen LogP contribution in [0.4, 0.5) is 0 Å². The number of benzene rings is 2. The Hall–Kier alpha value is -1.85. The lowest BCUT2D eigenvalue weighted by Crippen LogP contribution is -2.03. The number of fused-ring (bicyclic) bond motifs is 1. The second-order valence-corrected chi connectivity index (χ2v) is 5.87. The fourth-order valence-electron chi connectivity index (χ4n) is 2.07. The average molecular weight is 381 g/mol. The summed E-state index contributed by atoms with van der Waals surface area (Å²) in [6.07, 6.45) is 0. The highest BCUT2D eigenvalue weighted by Gasteiger charge is 2.11. The minimum Gasteiger partial charge on any atom is -0.492 e. The molecule has 4 nitrogen and oxygen atoms in total. The Balaban J connectivity index is 2.12. The van der Waals surface area contributed by atoms with Crippen LogP contribution in [0.5, 0.6) is 5.75 Å². The van der Waals surface area contributed by atoms with Crippen LogP contribution in [0.3, 0.4) is 0 Å². The van der Waals surface area contributed by atoms with Gasteiger partial charge in [-0.1, -0.05) is 27.5 Å². The van der Waals surface area contributed by atoms with Gasteiger partial charge in [-0.2, -0.15) is 0 Å². The lowest BCUT2D eigenvalue weighted by molar-refractivity contribution is 0.340. The highest BCUT2D eigenvalue weighted by atomic mass is 79.9. The van der Waals surface area contributed by atoms with Crippen molar-refractivity contribution in [2.45, 2.75) is 6.92 Å². The van der Waals surface area contributed by atoms with Gasteiger partial charge in [-0.3, -0.25) is 0 Å². The predicted molar refractivity (Wildman–Crippen MR) is 89.6 cm³/mol. The monoisotopic (exact) mass is 379 g/mol. The molecule has 3 rings (SSSR count). The van der Waals surface area contributed by atoms with E-state index in [4.69, 9.17) is 20.8 Å². The standard InChI is InChI=1S/C16H11BrClNO3/c1-2-21-14-6-3-9(7-12(14)18)15-19-13-5-4-10(17)8-11(13)16(20)22-15/h3-8H,2H2,1H3. The Morgan fingerprint density at radius 1 is 1.27 bits per heavy atom. The van der Waals surface area contributed by atoms with E-state index in [-0.39, 0.29) is 5.89 Å². The van der Waals surface area contributed by atoms with E-state index in [1.54, 1.807) is 30.3 Å². The van der Waals surface area contributed by atoms with Crippen LogP contribution in [0.1, 0.15) is 6.92 Å². The Bertz CT molecular complexity index is 908. The summed E-state index contributed by atoms with van der Waals surface area (Å²) in [6.45, 7) is 2.41. The van der Waals surface area contributed by atoms with E-state index < -0.39 is 5.63 Å². The lowest BCUT2D eigenvalue weighted by Gasteiger charge is -2.07. The smallest absolute Gasteiger partial charge is 0.347 e. The molecule has 0 bridgehead atoms. The maximum absolute atomic E-state index is 12.1.